The number of ether oxygens (including phenoxy) is 3. The van der Waals surface area contributed by atoms with Crippen LogP contribution < -0.4 is 10.6 Å². The van der Waals surface area contributed by atoms with Crippen LogP contribution >= 0.6 is 11.3 Å². The molecule has 1 fully saturated rings. The molecule has 0 spiro atoms. The Hall–Kier alpha value is -4.16. The van der Waals surface area contributed by atoms with Gasteiger partial charge < -0.3 is 44.7 Å². The fraction of sp³-hybridized carbons (Fsp3) is 0.702. The molecule has 0 saturated carbocycles. The summed E-state index contributed by atoms with van der Waals surface area (Å²) in [5.74, 6) is -1.87. The number of benzene rings is 1. The molecule has 3 rings (SSSR count). The van der Waals surface area contributed by atoms with Crippen molar-refractivity contribution in [3.05, 3.63) is 52.5 Å². The standard InChI is InChI=1S/C47H77N7O9S/c1-13-32(6)41(53(10)46(58)39(30(2)3)50-44(57)40(31(4)5)51(8)23-25-63-26-24-52(9)47(59)60)37(61-11)29-38(55)54-22-17-20-36(54)42(62-12)33(7)43(56)49-35(45-48-21-27-64-45)28-34-18-15-14-16-19-34/h14-16,18-19,21,27,30-33,35-37,39-42H,13,17,20,22-26,28-29H2,1-12H3,(H,49,56)(H,50,57)(H,59,60)/t32-,33+,35-,36-,37+,39-,40+,41-,42+/m0/s1. The molecule has 64 heavy (non-hydrogen) atoms. The number of hydrogen-bond acceptors (Lipinski definition) is 11. The van der Waals surface area contributed by atoms with E-state index in [1.807, 2.05) is 101 Å². The fourth-order valence-electron chi connectivity index (χ4n) is 8.80. The van der Waals surface area contributed by atoms with E-state index in [1.165, 1.54) is 18.4 Å². The number of methoxy groups -OCH3 is 2. The number of hydrogen-bond donors (Lipinski definition) is 3. The van der Waals surface area contributed by atoms with Gasteiger partial charge in [-0.2, -0.15) is 0 Å². The summed E-state index contributed by atoms with van der Waals surface area (Å²) in [6.45, 7) is 15.3. The molecule has 0 radical (unpaired) electrons. The van der Waals surface area contributed by atoms with Gasteiger partial charge in [0, 0.05) is 59.5 Å². The molecule has 0 aliphatic carbocycles. The van der Waals surface area contributed by atoms with Crippen molar-refractivity contribution in [1.29, 1.82) is 0 Å². The summed E-state index contributed by atoms with van der Waals surface area (Å²) < 4.78 is 17.8. The highest BCUT2D eigenvalue weighted by Gasteiger charge is 2.43. The van der Waals surface area contributed by atoms with E-state index in [0.717, 1.165) is 21.9 Å². The van der Waals surface area contributed by atoms with Gasteiger partial charge in [-0.25, -0.2) is 9.78 Å². The number of likely N-dealkylation sites (tertiary alicyclic amines) is 1. The number of amides is 5. The molecular formula is C47H77N7O9S. The van der Waals surface area contributed by atoms with E-state index in [4.69, 9.17) is 19.3 Å². The topological polar surface area (TPSA) is 183 Å². The number of likely N-dealkylation sites (N-methyl/N-ethyl adjacent to an activating group) is 3. The number of carbonyl (C=O) groups excluding carboxylic acids is 4. The summed E-state index contributed by atoms with van der Waals surface area (Å²) in [4.78, 5) is 79.0. The van der Waals surface area contributed by atoms with E-state index in [2.05, 4.69) is 15.6 Å². The minimum Gasteiger partial charge on any atom is -0.465 e. The van der Waals surface area contributed by atoms with E-state index in [0.29, 0.717) is 39.0 Å². The lowest BCUT2D eigenvalue weighted by molar-refractivity contribution is -0.148. The molecule has 16 nitrogen and oxygen atoms in total. The maximum atomic E-state index is 14.5. The van der Waals surface area contributed by atoms with Gasteiger partial charge in [0.1, 0.15) is 11.0 Å². The van der Waals surface area contributed by atoms with E-state index in [9.17, 15) is 24.0 Å². The zero-order valence-electron chi connectivity index (χ0n) is 40.3. The molecule has 1 aliphatic heterocycles. The molecule has 17 heteroatoms. The quantitative estimate of drug-likeness (QED) is 0.100. The third-order valence-corrected chi connectivity index (χ3v) is 13.6. The van der Waals surface area contributed by atoms with Crippen LogP contribution in [0.25, 0.3) is 0 Å². The fourth-order valence-corrected chi connectivity index (χ4v) is 9.49. The molecule has 3 N–H and O–H groups in total. The van der Waals surface area contributed by atoms with Crippen molar-refractivity contribution in [1.82, 2.24) is 35.2 Å². The minimum absolute atomic E-state index is 0.00736. The number of carboxylic acid groups (broad SMARTS) is 1. The number of aromatic nitrogens is 1. The van der Waals surface area contributed by atoms with Crippen LogP contribution in [0, 0.1) is 23.7 Å². The van der Waals surface area contributed by atoms with E-state index >= 15 is 0 Å². The molecule has 1 aromatic heterocycles. The Morgan fingerprint density at radius 2 is 1.59 bits per heavy atom. The van der Waals surface area contributed by atoms with Gasteiger partial charge in [-0.3, -0.25) is 24.1 Å². The summed E-state index contributed by atoms with van der Waals surface area (Å²) in [7, 11) is 8.17. The molecule has 9 atom stereocenters. The summed E-state index contributed by atoms with van der Waals surface area (Å²) in [5, 5.41) is 18.1. The van der Waals surface area contributed by atoms with Crippen molar-refractivity contribution >= 4 is 41.1 Å². The molecule has 0 unspecified atom stereocenters. The van der Waals surface area contributed by atoms with Crippen LogP contribution in [-0.2, 0) is 39.8 Å². The van der Waals surface area contributed by atoms with Crippen molar-refractivity contribution in [2.75, 3.05) is 68.2 Å². The summed E-state index contributed by atoms with van der Waals surface area (Å²) in [5.41, 5.74) is 1.08. The van der Waals surface area contributed by atoms with Gasteiger partial charge in [-0.15, -0.1) is 11.3 Å². The second kappa shape index (κ2) is 26.7. The zero-order valence-corrected chi connectivity index (χ0v) is 41.1. The van der Waals surface area contributed by atoms with Crippen LogP contribution in [0.3, 0.4) is 0 Å². The second-order valence-corrected chi connectivity index (χ2v) is 18.9. The van der Waals surface area contributed by atoms with Gasteiger partial charge in [-0.05, 0) is 49.6 Å². The molecule has 0 bridgehead atoms. The van der Waals surface area contributed by atoms with Crippen molar-refractivity contribution in [2.45, 2.75) is 123 Å². The van der Waals surface area contributed by atoms with Gasteiger partial charge in [-0.1, -0.05) is 85.2 Å². The predicted octanol–water partition coefficient (Wildman–Crippen LogP) is 5.19. The van der Waals surface area contributed by atoms with Crippen molar-refractivity contribution in [2.24, 2.45) is 23.7 Å². The largest absolute Gasteiger partial charge is 0.465 e. The summed E-state index contributed by atoms with van der Waals surface area (Å²) >= 11 is 1.49. The lowest BCUT2D eigenvalue weighted by atomic mass is 9.89. The van der Waals surface area contributed by atoms with Crippen molar-refractivity contribution < 1.29 is 43.3 Å². The predicted molar refractivity (Wildman–Crippen MR) is 249 cm³/mol. The Labute approximate surface area is 385 Å². The highest BCUT2D eigenvalue weighted by Crippen LogP contribution is 2.30. The number of rotatable bonds is 27. The Balaban J connectivity index is 1.74. The van der Waals surface area contributed by atoms with Crippen LogP contribution in [-0.4, -0.2) is 164 Å². The Morgan fingerprint density at radius 1 is 0.922 bits per heavy atom. The number of nitrogens with zero attached hydrogens (tertiary/aromatic N) is 5. The zero-order chi connectivity index (χ0) is 47.7. The van der Waals surface area contributed by atoms with E-state index in [-0.39, 0.29) is 73.0 Å². The Bertz CT molecular complexity index is 1740. The van der Waals surface area contributed by atoms with Crippen LogP contribution in [0.15, 0.2) is 41.9 Å². The average Bonchev–Trinajstić information content (AvgIpc) is 3.99. The molecule has 2 heterocycles. The highest BCUT2D eigenvalue weighted by molar-refractivity contribution is 7.09. The molecule has 5 amide bonds. The molecule has 2 aromatic rings. The molecular weight excluding hydrogens is 839 g/mol. The Kier molecular flexibility index (Phi) is 22.6. The minimum atomic E-state index is -1.03. The number of thiazole rings is 1. The molecule has 1 aliphatic rings. The normalized spacial score (nSPS) is 17.9. The van der Waals surface area contributed by atoms with Gasteiger partial charge in [0.15, 0.2) is 0 Å². The first-order chi connectivity index (χ1) is 30.4. The maximum absolute atomic E-state index is 14.5. The first kappa shape index (κ1) is 54.2. The van der Waals surface area contributed by atoms with Gasteiger partial charge in [0.2, 0.25) is 23.6 Å². The van der Waals surface area contributed by atoms with Gasteiger partial charge in [0.05, 0.1) is 61.9 Å². The van der Waals surface area contributed by atoms with Crippen LogP contribution in [0.5, 0.6) is 0 Å². The van der Waals surface area contributed by atoms with Crippen LogP contribution in [0.2, 0.25) is 0 Å². The molecule has 1 aromatic carbocycles. The SMILES string of the molecule is CC[C@H](C)[C@@H]([C@@H](CC(=O)N1CCC[C@H]1[C@H](OC)[C@@H](C)C(=O)N[C@@H](Cc1ccccc1)c1nccs1)OC)N(C)C(=O)[C@@H](NC(=O)[C@@H](C(C)C)N(C)CCOCCN(C)C(=O)O)C(C)C. The second-order valence-electron chi connectivity index (χ2n) is 17.9. The van der Waals surface area contributed by atoms with Crippen molar-refractivity contribution in [3.8, 4) is 0 Å². The first-order valence-electron chi connectivity index (χ1n) is 22.8. The molecule has 1 saturated heterocycles. The number of nitrogens with one attached hydrogen (secondary N) is 2. The van der Waals surface area contributed by atoms with Crippen LogP contribution in [0.4, 0.5) is 4.79 Å². The average molecular weight is 916 g/mol. The summed E-state index contributed by atoms with van der Waals surface area (Å²) in [6.07, 6.45) is 2.20. The maximum Gasteiger partial charge on any atom is 0.407 e. The monoisotopic (exact) mass is 916 g/mol. The highest BCUT2D eigenvalue weighted by atomic mass is 32.1. The molecule has 360 valence electrons. The number of carbonyl (C=O) groups is 5. The third kappa shape index (κ3) is 15.2. The Morgan fingerprint density at radius 3 is 2.16 bits per heavy atom. The third-order valence-electron chi connectivity index (χ3n) is 12.7. The lowest BCUT2D eigenvalue weighted by Crippen LogP contribution is -2.60. The van der Waals surface area contributed by atoms with Crippen LogP contribution in [0.1, 0.15) is 90.8 Å². The van der Waals surface area contributed by atoms with E-state index < -0.39 is 42.3 Å². The first-order valence-corrected chi connectivity index (χ1v) is 23.6. The smallest absolute Gasteiger partial charge is 0.407 e. The van der Waals surface area contributed by atoms with E-state index in [1.54, 1.807) is 32.4 Å². The summed E-state index contributed by atoms with van der Waals surface area (Å²) in [6, 6.07) is 7.39. The van der Waals surface area contributed by atoms with Gasteiger partial charge >= 0.3 is 6.09 Å². The van der Waals surface area contributed by atoms with Crippen molar-refractivity contribution in [3.63, 3.8) is 0 Å². The van der Waals surface area contributed by atoms with Gasteiger partial charge in [0.25, 0.3) is 0 Å². The lowest BCUT2D eigenvalue weighted by Gasteiger charge is -2.41.